The summed E-state index contributed by atoms with van der Waals surface area (Å²) in [6, 6.07) is -0.480. The van der Waals surface area contributed by atoms with Gasteiger partial charge in [0.2, 0.25) is 5.91 Å². The van der Waals surface area contributed by atoms with Crippen molar-refractivity contribution < 1.29 is 4.79 Å². The minimum Gasteiger partial charge on any atom is -0.320 e. The summed E-state index contributed by atoms with van der Waals surface area (Å²) in [6.07, 6.45) is 1.80. The number of carbonyl (C=O) groups is 1. The van der Waals surface area contributed by atoms with E-state index in [1.807, 2.05) is 13.8 Å². The van der Waals surface area contributed by atoms with E-state index in [4.69, 9.17) is 5.73 Å². The number of halogens is 1. The lowest BCUT2D eigenvalue weighted by atomic mass is 10.1. The number of hydrogen-bond donors (Lipinski definition) is 2. The topological polar surface area (TPSA) is 68.0 Å². The van der Waals surface area contributed by atoms with Gasteiger partial charge in [-0.15, -0.1) is 23.7 Å². The summed E-state index contributed by atoms with van der Waals surface area (Å²) in [5.74, 6) is 0.395. The molecule has 17 heavy (non-hydrogen) atoms. The van der Waals surface area contributed by atoms with Gasteiger partial charge in [0.05, 0.1) is 6.04 Å². The van der Waals surface area contributed by atoms with E-state index in [0.717, 1.165) is 4.88 Å². The lowest BCUT2D eigenvalue weighted by Gasteiger charge is -2.13. The highest BCUT2D eigenvalue weighted by molar-refractivity contribution is 7.15. The third-order valence-electron chi connectivity index (χ3n) is 2.34. The van der Waals surface area contributed by atoms with E-state index in [1.165, 1.54) is 11.3 Å². The molecule has 0 saturated heterocycles. The number of thiazole rings is 1. The molecule has 0 aliphatic heterocycles. The first-order chi connectivity index (χ1) is 7.41. The van der Waals surface area contributed by atoms with Crippen molar-refractivity contribution in [2.75, 3.05) is 5.32 Å². The third-order valence-corrected chi connectivity index (χ3v) is 3.56. The van der Waals surface area contributed by atoms with Crippen LogP contribution in [0, 0.1) is 5.92 Å². The Bertz CT molecular complexity index is 365. The molecule has 0 radical (unpaired) electrons. The predicted octanol–water partition coefficient (Wildman–Crippen LogP) is 2.61. The average molecular weight is 278 g/mol. The van der Waals surface area contributed by atoms with Crippen LogP contribution >= 0.6 is 23.7 Å². The van der Waals surface area contributed by atoms with E-state index >= 15 is 0 Å². The molecule has 1 amide bonds. The largest absolute Gasteiger partial charge is 0.320 e. The van der Waals surface area contributed by atoms with Gasteiger partial charge in [0.15, 0.2) is 5.13 Å². The standard InChI is InChI=1S/C11H19N3OS.ClH/c1-6(2)8-5-13-11(16-8)14-10(15)9(12)7(3)4;/h5-7,9H,12H2,1-4H3,(H,13,14,15);1H/t9-;/m0./s1. The molecule has 0 unspecified atom stereocenters. The van der Waals surface area contributed by atoms with Gasteiger partial charge < -0.3 is 11.1 Å². The maximum Gasteiger partial charge on any atom is 0.243 e. The molecule has 1 rings (SSSR count). The third kappa shape index (κ3) is 4.61. The minimum atomic E-state index is -0.480. The molecule has 0 bridgehead atoms. The predicted molar refractivity (Wildman–Crippen MR) is 74.9 cm³/mol. The van der Waals surface area contributed by atoms with Crippen LogP contribution in [0.15, 0.2) is 6.20 Å². The number of aromatic nitrogens is 1. The summed E-state index contributed by atoms with van der Waals surface area (Å²) in [5, 5.41) is 3.37. The number of amides is 1. The molecule has 3 N–H and O–H groups in total. The fraction of sp³-hybridized carbons (Fsp3) is 0.636. The van der Waals surface area contributed by atoms with Gasteiger partial charge in [0.1, 0.15) is 0 Å². The van der Waals surface area contributed by atoms with Gasteiger partial charge in [0.25, 0.3) is 0 Å². The Hall–Kier alpha value is -0.650. The summed E-state index contributed by atoms with van der Waals surface area (Å²) < 4.78 is 0. The minimum absolute atomic E-state index is 0. The number of anilines is 1. The molecule has 1 aromatic rings. The summed E-state index contributed by atoms with van der Waals surface area (Å²) in [4.78, 5) is 17.0. The van der Waals surface area contributed by atoms with Gasteiger partial charge >= 0.3 is 0 Å². The van der Waals surface area contributed by atoms with Gasteiger partial charge in [-0.1, -0.05) is 27.7 Å². The van der Waals surface area contributed by atoms with Crippen molar-refractivity contribution in [2.45, 2.75) is 39.7 Å². The van der Waals surface area contributed by atoms with Crippen LogP contribution in [0.3, 0.4) is 0 Å². The second kappa shape index (κ2) is 6.93. The molecule has 1 atom stereocenters. The summed E-state index contributed by atoms with van der Waals surface area (Å²) in [5.41, 5.74) is 5.74. The molecule has 0 aliphatic rings. The number of nitrogens with one attached hydrogen (secondary N) is 1. The van der Waals surface area contributed by atoms with Crippen LogP contribution in [0.1, 0.15) is 38.5 Å². The van der Waals surface area contributed by atoms with Crippen LogP contribution in [-0.4, -0.2) is 16.9 Å². The second-order valence-corrected chi connectivity index (χ2v) is 5.54. The molecule has 1 aromatic heterocycles. The molecule has 0 saturated carbocycles. The fourth-order valence-electron chi connectivity index (χ4n) is 1.10. The average Bonchev–Trinajstić information content (AvgIpc) is 2.64. The smallest absolute Gasteiger partial charge is 0.243 e. The molecular formula is C11H20ClN3OS. The summed E-state index contributed by atoms with van der Waals surface area (Å²) in [7, 11) is 0. The van der Waals surface area contributed by atoms with Gasteiger partial charge in [-0.3, -0.25) is 4.79 Å². The van der Waals surface area contributed by atoms with Crippen molar-refractivity contribution in [1.82, 2.24) is 4.98 Å². The van der Waals surface area contributed by atoms with Crippen molar-refractivity contribution in [3.63, 3.8) is 0 Å². The van der Waals surface area contributed by atoms with E-state index in [2.05, 4.69) is 24.1 Å². The van der Waals surface area contributed by atoms with E-state index in [0.29, 0.717) is 11.0 Å². The van der Waals surface area contributed by atoms with Crippen molar-refractivity contribution in [2.24, 2.45) is 11.7 Å². The van der Waals surface area contributed by atoms with Crippen LogP contribution in [0.25, 0.3) is 0 Å². The first-order valence-corrected chi connectivity index (χ1v) is 6.25. The summed E-state index contributed by atoms with van der Waals surface area (Å²) >= 11 is 1.50. The van der Waals surface area contributed by atoms with Gasteiger partial charge in [-0.05, 0) is 11.8 Å². The van der Waals surface area contributed by atoms with Crippen LogP contribution in [0.4, 0.5) is 5.13 Å². The number of carbonyl (C=O) groups excluding carboxylic acids is 1. The zero-order chi connectivity index (χ0) is 12.3. The highest BCUT2D eigenvalue weighted by atomic mass is 35.5. The van der Waals surface area contributed by atoms with E-state index < -0.39 is 6.04 Å². The Kier molecular flexibility index (Phi) is 6.67. The molecule has 1 heterocycles. The van der Waals surface area contributed by atoms with Crippen molar-refractivity contribution >= 4 is 34.8 Å². The van der Waals surface area contributed by atoms with Crippen LogP contribution in [-0.2, 0) is 4.79 Å². The van der Waals surface area contributed by atoms with Crippen LogP contribution < -0.4 is 11.1 Å². The van der Waals surface area contributed by atoms with E-state index in [1.54, 1.807) is 6.20 Å². The van der Waals surface area contributed by atoms with Crippen molar-refractivity contribution in [1.29, 1.82) is 0 Å². The Morgan fingerprint density at radius 3 is 2.41 bits per heavy atom. The first-order valence-electron chi connectivity index (χ1n) is 5.44. The number of nitrogens with zero attached hydrogens (tertiary/aromatic N) is 1. The molecule has 0 aromatic carbocycles. The number of hydrogen-bond acceptors (Lipinski definition) is 4. The fourth-order valence-corrected chi connectivity index (χ4v) is 1.92. The maximum atomic E-state index is 11.7. The van der Waals surface area contributed by atoms with Crippen LogP contribution in [0.2, 0.25) is 0 Å². The molecular weight excluding hydrogens is 258 g/mol. The number of nitrogens with two attached hydrogens (primary N) is 1. The van der Waals surface area contributed by atoms with E-state index in [9.17, 15) is 4.79 Å². The normalized spacial score (nSPS) is 12.4. The Labute approximate surface area is 112 Å². The maximum absolute atomic E-state index is 11.7. The number of rotatable bonds is 4. The Morgan fingerprint density at radius 1 is 1.41 bits per heavy atom. The molecule has 6 heteroatoms. The van der Waals surface area contributed by atoms with Crippen molar-refractivity contribution in [3.8, 4) is 0 Å². The highest BCUT2D eigenvalue weighted by Gasteiger charge is 2.18. The van der Waals surface area contributed by atoms with Gasteiger partial charge in [-0.2, -0.15) is 0 Å². The Balaban J connectivity index is 0.00000256. The zero-order valence-corrected chi connectivity index (χ0v) is 12.2. The molecule has 0 spiro atoms. The van der Waals surface area contributed by atoms with Gasteiger partial charge in [0, 0.05) is 11.1 Å². The lowest BCUT2D eigenvalue weighted by molar-refractivity contribution is -0.118. The Morgan fingerprint density at radius 2 is 2.00 bits per heavy atom. The molecule has 98 valence electrons. The zero-order valence-electron chi connectivity index (χ0n) is 10.6. The van der Waals surface area contributed by atoms with Gasteiger partial charge in [-0.25, -0.2) is 4.98 Å². The first kappa shape index (κ1) is 16.4. The monoisotopic (exact) mass is 277 g/mol. The lowest BCUT2D eigenvalue weighted by Crippen LogP contribution is -2.39. The second-order valence-electron chi connectivity index (χ2n) is 4.48. The van der Waals surface area contributed by atoms with Crippen molar-refractivity contribution in [3.05, 3.63) is 11.1 Å². The SMILES string of the molecule is CC(C)c1cnc(NC(=O)[C@@H](N)C(C)C)s1.Cl. The van der Waals surface area contributed by atoms with E-state index in [-0.39, 0.29) is 24.2 Å². The van der Waals surface area contributed by atoms with Crippen LogP contribution in [0.5, 0.6) is 0 Å². The molecule has 4 nitrogen and oxygen atoms in total. The molecule has 0 aliphatic carbocycles. The summed E-state index contributed by atoms with van der Waals surface area (Å²) in [6.45, 7) is 8.04. The quantitative estimate of drug-likeness (QED) is 0.889. The molecule has 0 fully saturated rings. The highest BCUT2D eigenvalue weighted by Crippen LogP contribution is 2.25.